The molecule has 0 bridgehead atoms. The van der Waals surface area contributed by atoms with Crippen molar-refractivity contribution in [1.82, 2.24) is 9.29 Å². The summed E-state index contributed by atoms with van der Waals surface area (Å²) in [6.45, 7) is 0.628. The number of benzene rings is 2. The Labute approximate surface area is 188 Å². The molecule has 0 aliphatic carbocycles. The third-order valence-electron chi connectivity index (χ3n) is 5.92. The number of alkyl halides is 3. The number of hydrogen-bond acceptors (Lipinski definition) is 4. The normalized spacial score (nSPS) is 18.0. The Morgan fingerprint density at radius 3 is 2.42 bits per heavy atom. The van der Waals surface area contributed by atoms with Gasteiger partial charge in [0.05, 0.1) is 10.5 Å². The molecular weight excluding hydrogens is 457 g/mol. The molecule has 176 valence electrons. The quantitative estimate of drug-likeness (QED) is 0.585. The predicted octanol–water partition coefficient (Wildman–Crippen LogP) is 3.53. The minimum absolute atomic E-state index is 0.0549. The Kier molecular flexibility index (Phi) is 6.35. The zero-order chi connectivity index (χ0) is 23.8. The van der Waals surface area contributed by atoms with Crippen LogP contribution in [0.1, 0.15) is 29.5 Å². The van der Waals surface area contributed by atoms with Crippen molar-refractivity contribution in [3.8, 4) is 0 Å². The van der Waals surface area contributed by atoms with Gasteiger partial charge in [0, 0.05) is 36.7 Å². The Morgan fingerprint density at radius 1 is 1.06 bits per heavy atom. The van der Waals surface area contributed by atoms with Gasteiger partial charge in [-0.2, -0.15) is 17.5 Å². The molecule has 0 radical (unpaired) electrons. The second kappa shape index (κ2) is 8.92. The van der Waals surface area contributed by atoms with E-state index in [-0.39, 0.29) is 34.9 Å². The lowest BCUT2D eigenvalue weighted by molar-refractivity contribution is -0.136. The predicted molar refractivity (Wildman–Crippen MR) is 117 cm³/mol. The summed E-state index contributed by atoms with van der Waals surface area (Å²) in [5.74, 6) is -0.0720. The van der Waals surface area contributed by atoms with Crippen molar-refractivity contribution in [2.24, 2.45) is 5.92 Å². The first-order valence-electron chi connectivity index (χ1n) is 10.5. The van der Waals surface area contributed by atoms with E-state index in [0.29, 0.717) is 31.0 Å². The van der Waals surface area contributed by atoms with Gasteiger partial charge in [-0.05, 0) is 60.6 Å². The molecule has 1 unspecified atom stereocenters. The van der Waals surface area contributed by atoms with E-state index in [9.17, 15) is 31.5 Å². The van der Waals surface area contributed by atoms with Crippen molar-refractivity contribution in [3.05, 3.63) is 75.6 Å². The second-order valence-electron chi connectivity index (χ2n) is 8.30. The molecule has 1 fully saturated rings. The minimum atomic E-state index is -4.66. The van der Waals surface area contributed by atoms with Crippen LogP contribution in [-0.2, 0) is 22.6 Å². The Balaban J connectivity index is 1.58. The summed E-state index contributed by atoms with van der Waals surface area (Å²) in [6, 6.07) is 11.3. The second-order valence-corrected chi connectivity index (χ2v) is 10.2. The van der Waals surface area contributed by atoms with Crippen LogP contribution >= 0.6 is 0 Å². The number of aromatic amines is 1. The maximum Gasteiger partial charge on any atom is 0.417 e. The van der Waals surface area contributed by atoms with Gasteiger partial charge in [-0.15, -0.1) is 0 Å². The van der Waals surface area contributed by atoms with Crippen LogP contribution in [0.15, 0.2) is 58.2 Å². The number of fused-ring (bicyclic) bond motifs is 1. The molecule has 0 saturated carbocycles. The molecule has 10 heteroatoms. The van der Waals surface area contributed by atoms with E-state index in [1.165, 1.54) is 28.6 Å². The fourth-order valence-electron chi connectivity index (χ4n) is 4.20. The van der Waals surface area contributed by atoms with Gasteiger partial charge in [0.15, 0.2) is 0 Å². The van der Waals surface area contributed by atoms with Crippen LogP contribution in [0.5, 0.6) is 0 Å². The molecule has 1 atom stereocenters. The van der Waals surface area contributed by atoms with E-state index >= 15 is 0 Å². The van der Waals surface area contributed by atoms with Gasteiger partial charge >= 0.3 is 6.18 Å². The molecule has 2 heterocycles. The van der Waals surface area contributed by atoms with Crippen LogP contribution in [0.2, 0.25) is 0 Å². The zero-order valence-corrected chi connectivity index (χ0v) is 18.4. The van der Waals surface area contributed by atoms with Gasteiger partial charge in [-0.1, -0.05) is 18.2 Å². The number of sulfonamides is 1. The van der Waals surface area contributed by atoms with E-state index in [2.05, 4.69) is 4.98 Å². The fraction of sp³-hybridized carbons (Fsp3) is 0.348. The van der Waals surface area contributed by atoms with Crippen LogP contribution in [-0.4, -0.2) is 42.5 Å². The molecule has 4 rings (SSSR count). The molecule has 6 nitrogen and oxygen atoms in total. The SMILES string of the molecule is O=c1cc(C(F)(F)F)c2cc(Cc3ccc(S(=O)(=O)N4CCCC(CO)C4)cc3)ccc2[nH]1. The highest BCUT2D eigenvalue weighted by Crippen LogP contribution is 2.34. The lowest BCUT2D eigenvalue weighted by Crippen LogP contribution is -2.40. The van der Waals surface area contributed by atoms with Crippen LogP contribution < -0.4 is 5.56 Å². The van der Waals surface area contributed by atoms with Gasteiger partial charge in [0.2, 0.25) is 15.6 Å². The number of pyridine rings is 1. The molecular formula is C23H23F3N2O4S. The maximum atomic E-state index is 13.4. The molecule has 3 aromatic rings. The van der Waals surface area contributed by atoms with Gasteiger partial charge in [-0.3, -0.25) is 4.79 Å². The number of halogens is 3. The zero-order valence-electron chi connectivity index (χ0n) is 17.6. The first-order valence-corrected chi connectivity index (χ1v) is 11.9. The summed E-state index contributed by atoms with van der Waals surface area (Å²) in [7, 11) is -3.69. The first-order chi connectivity index (χ1) is 15.6. The van der Waals surface area contributed by atoms with Crippen molar-refractivity contribution in [3.63, 3.8) is 0 Å². The van der Waals surface area contributed by atoms with E-state index in [1.54, 1.807) is 18.2 Å². The van der Waals surface area contributed by atoms with Crippen LogP contribution in [0.25, 0.3) is 10.9 Å². The molecule has 2 aromatic carbocycles. The van der Waals surface area contributed by atoms with Crippen molar-refractivity contribution in [2.45, 2.75) is 30.3 Å². The lowest BCUT2D eigenvalue weighted by Gasteiger charge is -2.31. The fourth-order valence-corrected chi connectivity index (χ4v) is 5.76. The molecule has 2 N–H and O–H groups in total. The number of rotatable bonds is 5. The van der Waals surface area contributed by atoms with Crippen molar-refractivity contribution < 1.29 is 26.7 Å². The number of aromatic nitrogens is 1. The highest BCUT2D eigenvalue weighted by Gasteiger charge is 2.33. The smallest absolute Gasteiger partial charge is 0.396 e. The molecule has 1 aliphatic heterocycles. The lowest BCUT2D eigenvalue weighted by atomic mass is 10.0. The summed E-state index contributed by atoms with van der Waals surface area (Å²) in [6.07, 6.45) is -2.89. The summed E-state index contributed by atoms with van der Waals surface area (Å²) in [5.41, 5.74) is -0.385. The Bertz CT molecular complexity index is 1320. The molecule has 1 aromatic heterocycles. The van der Waals surface area contributed by atoms with Crippen molar-refractivity contribution >= 4 is 20.9 Å². The summed E-state index contributed by atoms with van der Waals surface area (Å²) in [5, 5.41) is 9.27. The van der Waals surface area contributed by atoms with Crippen molar-refractivity contribution in [1.29, 1.82) is 0 Å². The maximum absolute atomic E-state index is 13.4. The molecule has 1 saturated heterocycles. The molecule has 0 spiro atoms. The molecule has 0 amide bonds. The number of hydrogen-bond donors (Lipinski definition) is 2. The Hall–Kier alpha value is -2.69. The average molecular weight is 481 g/mol. The Morgan fingerprint density at radius 2 is 1.76 bits per heavy atom. The average Bonchev–Trinajstić information content (AvgIpc) is 2.78. The number of nitrogens with zero attached hydrogens (tertiary/aromatic N) is 1. The minimum Gasteiger partial charge on any atom is -0.396 e. The van der Waals surface area contributed by atoms with Gasteiger partial charge < -0.3 is 10.1 Å². The summed E-state index contributed by atoms with van der Waals surface area (Å²) in [4.78, 5) is 14.1. The van der Waals surface area contributed by atoms with E-state index < -0.39 is 27.3 Å². The third kappa shape index (κ3) is 4.97. The van der Waals surface area contributed by atoms with E-state index in [1.807, 2.05) is 0 Å². The van der Waals surface area contributed by atoms with Gasteiger partial charge in [0.25, 0.3) is 0 Å². The monoisotopic (exact) mass is 480 g/mol. The number of piperidine rings is 1. The topological polar surface area (TPSA) is 90.5 Å². The highest BCUT2D eigenvalue weighted by molar-refractivity contribution is 7.89. The largest absolute Gasteiger partial charge is 0.417 e. The number of H-pyrrole nitrogens is 1. The van der Waals surface area contributed by atoms with Gasteiger partial charge in [0.1, 0.15) is 0 Å². The first kappa shape index (κ1) is 23.5. The van der Waals surface area contributed by atoms with E-state index in [4.69, 9.17) is 0 Å². The number of nitrogens with one attached hydrogen (secondary N) is 1. The van der Waals surface area contributed by atoms with Crippen LogP contribution in [0.3, 0.4) is 0 Å². The van der Waals surface area contributed by atoms with Crippen LogP contribution in [0, 0.1) is 5.92 Å². The van der Waals surface area contributed by atoms with Crippen LogP contribution in [0.4, 0.5) is 13.2 Å². The standard InChI is InChI=1S/C23H23F3N2O4S/c24-23(25,26)20-12-22(30)27-21-8-5-16(11-19(20)21)10-15-3-6-18(7-4-15)33(31,32)28-9-1-2-17(13-28)14-29/h3-8,11-12,17,29H,1-2,9-10,13-14H2,(H,27,30). The van der Waals surface area contributed by atoms with Gasteiger partial charge in [-0.25, -0.2) is 8.42 Å². The van der Waals surface area contributed by atoms with E-state index in [0.717, 1.165) is 12.0 Å². The summed E-state index contributed by atoms with van der Waals surface area (Å²) < 4.78 is 67.4. The summed E-state index contributed by atoms with van der Waals surface area (Å²) >= 11 is 0. The molecule has 33 heavy (non-hydrogen) atoms. The highest BCUT2D eigenvalue weighted by atomic mass is 32.2. The third-order valence-corrected chi connectivity index (χ3v) is 7.80. The van der Waals surface area contributed by atoms with Crippen molar-refractivity contribution in [2.75, 3.05) is 19.7 Å². The number of aliphatic hydroxyl groups excluding tert-OH is 1. The number of aliphatic hydroxyl groups is 1. The molecule has 1 aliphatic rings.